The van der Waals surface area contributed by atoms with Gasteiger partial charge < -0.3 is 9.47 Å². The number of benzene rings is 2. The summed E-state index contributed by atoms with van der Waals surface area (Å²) in [6.45, 7) is 5.26. The van der Waals surface area contributed by atoms with Gasteiger partial charge in [0.15, 0.2) is 16.7 Å². The van der Waals surface area contributed by atoms with Crippen LogP contribution in [0.3, 0.4) is 0 Å². The number of hydrogen-bond acceptors (Lipinski definition) is 7. The molecule has 0 spiro atoms. The number of nitrogens with zero attached hydrogens (tertiary/aromatic N) is 4. The molecule has 2 aromatic carbocycles. The van der Waals surface area contributed by atoms with Crippen molar-refractivity contribution in [3.63, 3.8) is 0 Å². The lowest BCUT2D eigenvalue weighted by molar-refractivity contribution is 0.287. The lowest BCUT2D eigenvalue weighted by Gasteiger charge is -2.14. The minimum absolute atomic E-state index is 0.0897. The van der Waals surface area contributed by atoms with Crippen LogP contribution < -0.4 is 15.0 Å². The molecule has 180 valence electrons. The van der Waals surface area contributed by atoms with Crippen molar-refractivity contribution in [1.82, 2.24) is 19.2 Å². The maximum absolute atomic E-state index is 13.4. The topological polar surface area (TPSA) is 70.7 Å². The molecule has 3 heterocycles. The fourth-order valence-corrected chi connectivity index (χ4v) is 5.81. The molecule has 35 heavy (non-hydrogen) atoms. The van der Waals surface area contributed by atoms with E-state index in [1.54, 1.807) is 16.3 Å². The second kappa shape index (κ2) is 10.3. The Balaban J connectivity index is 1.55. The Kier molecular flexibility index (Phi) is 6.99. The van der Waals surface area contributed by atoms with Crippen molar-refractivity contribution in [3.8, 4) is 11.5 Å². The molecule has 7 nitrogen and oxygen atoms in total. The van der Waals surface area contributed by atoms with E-state index in [9.17, 15) is 4.79 Å². The predicted octanol–water partition coefficient (Wildman–Crippen LogP) is 5.90. The highest BCUT2D eigenvalue weighted by molar-refractivity contribution is 7.98. The van der Waals surface area contributed by atoms with E-state index in [1.807, 2.05) is 72.2 Å². The minimum Gasteiger partial charge on any atom is -0.490 e. The van der Waals surface area contributed by atoms with Gasteiger partial charge in [-0.1, -0.05) is 41.6 Å². The van der Waals surface area contributed by atoms with E-state index in [1.165, 1.54) is 11.3 Å². The van der Waals surface area contributed by atoms with Gasteiger partial charge in [0.1, 0.15) is 4.70 Å². The number of thioether (sulfide) groups is 1. The molecule has 0 aliphatic carbocycles. The molecular weight excluding hydrogens is 504 g/mol. The van der Waals surface area contributed by atoms with Crippen molar-refractivity contribution < 1.29 is 9.47 Å². The first-order chi connectivity index (χ1) is 17.1. The van der Waals surface area contributed by atoms with Crippen LogP contribution in [0.5, 0.6) is 11.5 Å². The van der Waals surface area contributed by atoms with Crippen LogP contribution in [-0.2, 0) is 12.3 Å². The van der Waals surface area contributed by atoms with Crippen LogP contribution in [-0.4, -0.2) is 32.4 Å². The highest BCUT2D eigenvalue weighted by Crippen LogP contribution is 2.30. The Morgan fingerprint density at radius 1 is 1.00 bits per heavy atom. The lowest BCUT2D eigenvalue weighted by Crippen LogP contribution is -2.23. The Morgan fingerprint density at radius 2 is 1.83 bits per heavy atom. The smallest absolute Gasteiger partial charge is 0.273 e. The van der Waals surface area contributed by atoms with E-state index in [-0.39, 0.29) is 5.56 Å². The number of fused-ring (bicyclic) bond motifs is 3. The first kappa shape index (κ1) is 23.7. The molecule has 0 bridgehead atoms. The normalized spacial score (nSPS) is 11.4. The average Bonchev–Trinajstić information content (AvgIpc) is 3.50. The summed E-state index contributed by atoms with van der Waals surface area (Å²) < 4.78 is 15.7. The standard InChI is InChI=1S/C25H23ClN4O3S2/c1-3-32-20-9-8-16(13-21(20)33-4-2)14-29-23(31)22-19(10-11-34-22)30-24(29)27-28-25(30)35-15-17-6-5-7-18(26)12-17/h5-13H,3-4,14-15H2,1-2H3. The first-order valence-corrected chi connectivity index (χ1v) is 13.4. The van der Waals surface area contributed by atoms with Gasteiger partial charge in [-0.05, 0) is 60.7 Å². The van der Waals surface area contributed by atoms with Gasteiger partial charge in [-0.25, -0.2) is 0 Å². The summed E-state index contributed by atoms with van der Waals surface area (Å²) in [7, 11) is 0. The summed E-state index contributed by atoms with van der Waals surface area (Å²) in [5, 5.41) is 12.2. The van der Waals surface area contributed by atoms with Crippen molar-refractivity contribution in [1.29, 1.82) is 0 Å². The Morgan fingerprint density at radius 3 is 2.63 bits per heavy atom. The van der Waals surface area contributed by atoms with E-state index in [2.05, 4.69) is 10.2 Å². The van der Waals surface area contributed by atoms with Crippen LogP contribution in [0.4, 0.5) is 0 Å². The zero-order valence-corrected chi connectivity index (χ0v) is 21.6. The van der Waals surface area contributed by atoms with Gasteiger partial charge in [0.25, 0.3) is 5.56 Å². The monoisotopic (exact) mass is 526 g/mol. The Bertz CT molecular complexity index is 1560. The molecule has 0 N–H and O–H groups in total. The van der Waals surface area contributed by atoms with Crippen LogP contribution in [0.2, 0.25) is 5.02 Å². The van der Waals surface area contributed by atoms with Gasteiger partial charge in [-0.3, -0.25) is 13.8 Å². The van der Waals surface area contributed by atoms with Crippen LogP contribution in [0.25, 0.3) is 16.0 Å². The van der Waals surface area contributed by atoms with Crippen LogP contribution in [0, 0.1) is 0 Å². The van der Waals surface area contributed by atoms with Crippen molar-refractivity contribution >= 4 is 50.7 Å². The fraction of sp³-hybridized carbons (Fsp3) is 0.240. The van der Waals surface area contributed by atoms with Crippen LogP contribution in [0.15, 0.2) is 63.9 Å². The van der Waals surface area contributed by atoms with Gasteiger partial charge in [-0.15, -0.1) is 21.5 Å². The molecule has 0 atom stereocenters. The van der Waals surface area contributed by atoms with Gasteiger partial charge in [-0.2, -0.15) is 0 Å². The molecule has 0 aliphatic rings. The quantitative estimate of drug-likeness (QED) is 0.223. The van der Waals surface area contributed by atoms with Gasteiger partial charge in [0, 0.05) is 10.8 Å². The van der Waals surface area contributed by atoms with Gasteiger partial charge in [0.2, 0.25) is 5.78 Å². The summed E-state index contributed by atoms with van der Waals surface area (Å²) in [5.41, 5.74) is 2.72. The van der Waals surface area contributed by atoms with Crippen LogP contribution >= 0.6 is 34.7 Å². The van der Waals surface area contributed by atoms with Gasteiger partial charge in [0.05, 0.1) is 25.3 Å². The van der Waals surface area contributed by atoms with Crippen molar-refractivity contribution in [2.45, 2.75) is 31.3 Å². The van der Waals surface area contributed by atoms with Crippen molar-refractivity contribution in [2.24, 2.45) is 0 Å². The van der Waals surface area contributed by atoms with E-state index in [0.717, 1.165) is 21.8 Å². The summed E-state index contributed by atoms with van der Waals surface area (Å²) in [5.74, 6) is 2.53. The molecule has 3 aromatic heterocycles. The van der Waals surface area contributed by atoms with Crippen molar-refractivity contribution in [2.75, 3.05) is 13.2 Å². The Labute approximate surface area is 215 Å². The first-order valence-electron chi connectivity index (χ1n) is 11.2. The summed E-state index contributed by atoms with van der Waals surface area (Å²) in [4.78, 5) is 13.4. The zero-order chi connectivity index (χ0) is 24.4. The fourth-order valence-electron chi connectivity index (χ4n) is 3.89. The van der Waals surface area contributed by atoms with E-state index in [0.29, 0.717) is 52.5 Å². The third kappa shape index (κ3) is 4.76. The van der Waals surface area contributed by atoms with Gasteiger partial charge >= 0.3 is 0 Å². The number of ether oxygens (including phenoxy) is 2. The molecule has 0 aliphatic heterocycles. The third-order valence-corrected chi connectivity index (χ3v) is 7.51. The lowest BCUT2D eigenvalue weighted by atomic mass is 10.2. The van der Waals surface area contributed by atoms with Crippen molar-refractivity contribution in [3.05, 3.63) is 80.4 Å². The second-order valence-electron chi connectivity index (χ2n) is 7.71. The largest absolute Gasteiger partial charge is 0.490 e. The van der Waals surface area contributed by atoms with E-state index < -0.39 is 0 Å². The molecule has 0 unspecified atom stereocenters. The molecule has 0 saturated heterocycles. The minimum atomic E-state index is -0.0897. The summed E-state index contributed by atoms with van der Waals surface area (Å²) >= 11 is 9.12. The average molecular weight is 527 g/mol. The molecule has 5 aromatic rings. The predicted molar refractivity (Wildman–Crippen MR) is 142 cm³/mol. The molecule has 5 rings (SSSR count). The van der Waals surface area contributed by atoms with E-state index in [4.69, 9.17) is 21.1 Å². The van der Waals surface area contributed by atoms with Crippen LogP contribution in [0.1, 0.15) is 25.0 Å². The number of thiophene rings is 1. The molecule has 0 amide bonds. The molecule has 0 fully saturated rings. The summed E-state index contributed by atoms with van der Waals surface area (Å²) in [6.07, 6.45) is 0. The third-order valence-electron chi connectivity index (χ3n) is 5.39. The molecule has 0 saturated carbocycles. The van der Waals surface area contributed by atoms with E-state index >= 15 is 0 Å². The molecule has 0 radical (unpaired) electrons. The number of aromatic nitrogens is 4. The number of hydrogen-bond donors (Lipinski definition) is 0. The Hall–Kier alpha value is -3.01. The maximum Gasteiger partial charge on any atom is 0.273 e. The summed E-state index contributed by atoms with van der Waals surface area (Å²) in [6, 6.07) is 15.4. The highest BCUT2D eigenvalue weighted by atomic mass is 35.5. The number of halogens is 1. The zero-order valence-electron chi connectivity index (χ0n) is 19.2. The highest BCUT2D eigenvalue weighted by Gasteiger charge is 2.19. The molecular formula is C25H23ClN4O3S2. The molecule has 10 heteroatoms. The second-order valence-corrected chi connectivity index (χ2v) is 10.0. The number of rotatable bonds is 9. The maximum atomic E-state index is 13.4. The SMILES string of the molecule is CCOc1ccc(Cn2c(=O)c3sccc3n3c(SCc4cccc(Cl)c4)nnc23)cc1OCC.